The number of hydrogen-bond acceptors (Lipinski definition) is 2. The van der Waals surface area contributed by atoms with Crippen molar-refractivity contribution in [1.82, 2.24) is 4.90 Å². The summed E-state index contributed by atoms with van der Waals surface area (Å²) >= 11 is 0. The molecular weight excluding hydrogens is 280 g/mol. The van der Waals surface area contributed by atoms with E-state index in [-0.39, 0.29) is 12.4 Å². The Balaban J connectivity index is 0.00000132. The predicted molar refractivity (Wildman–Crippen MR) is 90.0 cm³/mol. The number of nitrogens with zero attached hydrogens (tertiary/aromatic N) is 1. The highest BCUT2D eigenvalue weighted by Crippen LogP contribution is 2.36. The average molecular weight is 301 g/mol. The topological polar surface area (TPSA) is 15.3 Å². The first-order chi connectivity index (χ1) is 9.83. The second-order valence-corrected chi connectivity index (χ2v) is 5.91. The average Bonchev–Trinajstić information content (AvgIpc) is 3.06. The smallest absolute Gasteiger partial charge is 0.0419 e. The second-order valence-electron chi connectivity index (χ2n) is 5.91. The molecule has 0 radical (unpaired) electrons. The Hall–Kier alpha value is -1.51. The molecule has 2 aromatic carbocycles. The number of rotatable bonds is 2. The summed E-state index contributed by atoms with van der Waals surface area (Å²) in [5.41, 5.74) is 7.29. The van der Waals surface area contributed by atoms with Crippen LogP contribution in [-0.4, -0.2) is 11.4 Å². The van der Waals surface area contributed by atoms with Crippen LogP contribution >= 0.6 is 12.4 Å². The van der Waals surface area contributed by atoms with Gasteiger partial charge in [-0.05, 0) is 35.6 Å². The maximum absolute atomic E-state index is 3.55. The Morgan fingerprint density at radius 3 is 2.76 bits per heavy atom. The maximum atomic E-state index is 3.55. The molecule has 21 heavy (non-hydrogen) atoms. The minimum absolute atomic E-state index is 0. The van der Waals surface area contributed by atoms with Gasteiger partial charge in [0.2, 0.25) is 0 Å². The van der Waals surface area contributed by atoms with Crippen LogP contribution in [0.4, 0.5) is 5.69 Å². The molecule has 0 aromatic heterocycles. The van der Waals surface area contributed by atoms with Crippen molar-refractivity contribution in [2.45, 2.75) is 32.5 Å². The number of halogens is 1. The zero-order valence-electron chi connectivity index (χ0n) is 12.3. The van der Waals surface area contributed by atoms with Crippen molar-refractivity contribution in [3.63, 3.8) is 0 Å². The lowest BCUT2D eigenvalue weighted by molar-refractivity contribution is 0.220. The van der Waals surface area contributed by atoms with E-state index in [1.165, 1.54) is 34.4 Å². The molecule has 3 heteroatoms. The van der Waals surface area contributed by atoms with Gasteiger partial charge in [0.15, 0.2) is 0 Å². The predicted octanol–water partition coefficient (Wildman–Crippen LogP) is 4.15. The molecule has 2 heterocycles. The van der Waals surface area contributed by atoms with Crippen LogP contribution in [0.5, 0.6) is 0 Å². The molecule has 2 aliphatic heterocycles. The van der Waals surface area contributed by atoms with Gasteiger partial charge < -0.3 is 5.32 Å². The zero-order valence-corrected chi connectivity index (χ0v) is 13.1. The summed E-state index contributed by atoms with van der Waals surface area (Å²) in [5, 5.41) is 3.55. The molecule has 0 fully saturated rings. The molecule has 0 amide bonds. The molecule has 110 valence electrons. The van der Waals surface area contributed by atoms with Gasteiger partial charge in [-0.1, -0.05) is 42.5 Å². The van der Waals surface area contributed by atoms with Gasteiger partial charge in [0, 0.05) is 31.4 Å². The molecule has 2 aromatic rings. The molecule has 2 nitrogen and oxygen atoms in total. The second kappa shape index (κ2) is 5.70. The molecule has 0 saturated heterocycles. The van der Waals surface area contributed by atoms with Crippen molar-refractivity contribution in [2.75, 3.05) is 11.9 Å². The minimum atomic E-state index is 0. The largest absolute Gasteiger partial charge is 0.384 e. The van der Waals surface area contributed by atoms with Gasteiger partial charge in [0.1, 0.15) is 0 Å². The van der Waals surface area contributed by atoms with Crippen molar-refractivity contribution in [3.8, 4) is 0 Å². The van der Waals surface area contributed by atoms with Crippen LogP contribution in [0, 0.1) is 0 Å². The molecule has 4 rings (SSSR count). The third kappa shape index (κ3) is 2.43. The fourth-order valence-corrected chi connectivity index (χ4v) is 3.59. The number of anilines is 1. The first kappa shape index (κ1) is 14.4. The Morgan fingerprint density at radius 1 is 1.10 bits per heavy atom. The molecule has 0 aliphatic carbocycles. The third-order valence-corrected chi connectivity index (χ3v) is 4.73. The highest BCUT2D eigenvalue weighted by Gasteiger charge is 2.27. The first-order valence-electron chi connectivity index (χ1n) is 7.49. The van der Waals surface area contributed by atoms with Crippen LogP contribution in [0.3, 0.4) is 0 Å². The van der Waals surface area contributed by atoms with Crippen LogP contribution in [0.25, 0.3) is 0 Å². The van der Waals surface area contributed by atoms with Crippen LogP contribution in [0.1, 0.15) is 35.2 Å². The number of hydrogen-bond donors (Lipinski definition) is 1. The highest BCUT2D eigenvalue weighted by molar-refractivity contribution is 5.85. The summed E-state index contributed by atoms with van der Waals surface area (Å²) in [7, 11) is 0. The molecule has 1 unspecified atom stereocenters. The van der Waals surface area contributed by atoms with E-state index in [2.05, 4.69) is 59.6 Å². The van der Waals surface area contributed by atoms with Crippen molar-refractivity contribution in [2.24, 2.45) is 0 Å². The van der Waals surface area contributed by atoms with Gasteiger partial charge in [-0.15, -0.1) is 12.4 Å². The Kier molecular flexibility index (Phi) is 3.92. The Labute approximate surface area is 132 Å². The lowest BCUT2D eigenvalue weighted by Crippen LogP contribution is -2.20. The van der Waals surface area contributed by atoms with E-state index in [0.29, 0.717) is 6.04 Å². The Morgan fingerprint density at radius 2 is 1.90 bits per heavy atom. The summed E-state index contributed by atoms with van der Waals surface area (Å²) in [6.07, 6.45) is 1.17. The number of para-hydroxylation sites is 1. The zero-order chi connectivity index (χ0) is 13.5. The summed E-state index contributed by atoms with van der Waals surface area (Å²) in [6, 6.07) is 16.1. The summed E-state index contributed by atoms with van der Waals surface area (Å²) in [4.78, 5) is 2.57. The van der Waals surface area contributed by atoms with E-state index in [9.17, 15) is 0 Å². The first-order valence-corrected chi connectivity index (χ1v) is 7.49. The summed E-state index contributed by atoms with van der Waals surface area (Å²) < 4.78 is 0. The van der Waals surface area contributed by atoms with Gasteiger partial charge in [0.05, 0.1) is 0 Å². The van der Waals surface area contributed by atoms with Gasteiger partial charge in [0.25, 0.3) is 0 Å². The highest BCUT2D eigenvalue weighted by atomic mass is 35.5. The number of benzene rings is 2. The van der Waals surface area contributed by atoms with Crippen molar-refractivity contribution in [1.29, 1.82) is 0 Å². The van der Waals surface area contributed by atoms with Gasteiger partial charge in [-0.25, -0.2) is 0 Å². The van der Waals surface area contributed by atoms with E-state index in [1.54, 1.807) is 0 Å². The van der Waals surface area contributed by atoms with Crippen LogP contribution in [-0.2, 0) is 19.5 Å². The Bertz CT molecular complexity index is 653. The van der Waals surface area contributed by atoms with E-state index in [1.807, 2.05) is 0 Å². The monoisotopic (exact) mass is 300 g/mol. The van der Waals surface area contributed by atoms with E-state index < -0.39 is 0 Å². The minimum Gasteiger partial charge on any atom is -0.384 e. The molecule has 1 N–H and O–H groups in total. The van der Waals surface area contributed by atoms with Crippen molar-refractivity contribution < 1.29 is 0 Å². The molecule has 0 spiro atoms. The third-order valence-electron chi connectivity index (χ3n) is 4.73. The van der Waals surface area contributed by atoms with Gasteiger partial charge in [-0.3, -0.25) is 4.90 Å². The standard InChI is InChI=1S/C18H20N2.ClH/c1-13-17-8-3-2-5-15(17)11-20(13)12-16-7-4-6-14-9-10-19-18(14)16;/h2-8,13,19H,9-12H2,1H3;1H. The fourth-order valence-electron chi connectivity index (χ4n) is 3.59. The van der Waals surface area contributed by atoms with Crippen molar-refractivity contribution in [3.05, 3.63) is 64.7 Å². The SMILES string of the molecule is CC1c2ccccc2CN1Cc1cccc2c1NCC2.Cl. The molecule has 0 saturated carbocycles. The molecule has 2 aliphatic rings. The summed E-state index contributed by atoms with van der Waals surface area (Å²) in [5.74, 6) is 0. The van der Waals surface area contributed by atoms with E-state index in [4.69, 9.17) is 0 Å². The normalized spacial score (nSPS) is 19.6. The van der Waals surface area contributed by atoms with E-state index >= 15 is 0 Å². The molecule has 0 bridgehead atoms. The van der Waals surface area contributed by atoms with Gasteiger partial charge in [-0.2, -0.15) is 0 Å². The number of fused-ring (bicyclic) bond motifs is 2. The van der Waals surface area contributed by atoms with Crippen molar-refractivity contribution >= 4 is 18.1 Å². The lowest BCUT2D eigenvalue weighted by atomic mass is 10.1. The maximum Gasteiger partial charge on any atom is 0.0419 e. The molecular formula is C18H21ClN2. The fraction of sp³-hybridized carbons (Fsp3) is 0.333. The van der Waals surface area contributed by atoms with E-state index in [0.717, 1.165) is 19.6 Å². The van der Waals surface area contributed by atoms with Gasteiger partial charge >= 0.3 is 0 Å². The quantitative estimate of drug-likeness (QED) is 0.896. The van der Waals surface area contributed by atoms with Crippen LogP contribution in [0.2, 0.25) is 0 Å². The molecule has 1 atom stereocenters. The number of nitrogens with one attached hydrogen (secondary N) is 1. The lowest BCUT2D eigenvalue weighted by Gasteiger charge is -2.23. The van der Waals surface area contributed by atoms with Crippen LogP contribution in [0.15, 0.2) is 42.5 Å². The van der Waals surface area contributed by atoms with Crippen LogP contribution < -0.4 is 5.32 Å². The summed E-state index contributed by atoms with van der Waals surface area (Å²) in [6.45, 7) is 5.51.